The van der Waals surface area contributed by atoms with Gasteiger partial charge in [-0.3, -0.25) is 14.5 Å². The number of Topliss-reactive ketones (excluding diaryl/α,β-unsaturated/α-hetero) is 1. The molecular weight excluding hydrogens is 254 g/mol. The molecule has 0 atom stereocenters. The summed E-state index contributed by atoms with van der Waals surface area (Å²) in [6.07, 6.45) is 1.91. The van der Waals surface area contributed by atoms with E-state index in [1.807, 2.05) is 18.7 Å². The number of piperazine rings is 1. The van der Waals surface area contributed by atoms with Gasteiger partial charge in [-0.05, 0) is 46.7 Å². The minimum absolute atomic E-state index is 0.190. The maximum atomic E-state index is 12.5. The highest BCUT2D eigenvalue weighted by atomic mass is 16.2. The zero-order valence-electron chi connectivity index (χ0n) is 12.9. The van der Waals surface area contributed by atoms with Crippen molar-refractivity contribution >= 4 is 11.7 Å². The lowest BCUT2D eigenvalue weighted by Crippen LogP contribution is -2.59. The minimum atomic E-state index is -0.413. The second kappa shape index (κ2) is 6.22. The summed E-state index contributed by atoms with van der Waals surface area (Å²) in [7, 11) is 0. The molecule has 2 aliphatic heterocycles. The molecule has 2 rings (SSSR count). The van der Waals surface area contributed by atoms with E-state index in [-0.39, 0.29) is 11.7 Å². The number of nitrogens with one attached hydrogen (secondary N) is 1. The van der Waals surface area contributed by atoms with E-state index in [0.717, 1.165) is 52.1 Å². The van der Waals surface area contributed by atoms with Gasteiger partial charge in [0.25, 0.3) is 0 Å². The Morgan fingerprint density at radius 3 is 2.10 bits per heavy atom. The average Bonchev–Trinajstić information content (AvgIpc) is 2.47. The van der Waals surface area contributed by atoms with Crippen molar-refractivity contribution in [3.8, 4) is 0 Å². The summed E-state index contributed by atoms with van der Waals surface area (Å²) in [5, 5.41) is 3.30. The van der Waals surface area contributed by atoms with Gasteiger partial charge in [0.2, 0.25) is 5.91 Å². The summed E-state index contributed by atoms with van der Waals surface area (Å²) < 4.78 is 0. The number of ketones is 1. The first-order chi connectivity index (χ1) is 9.43. The predicted molar refractivity (Wildman–Crippen MR) is 78.5 cm³/mol. The van der Waals surface area contributed by atoms with E-state index in [0.29, 0.717) is 5.91 Å². The molecule has 0 aromatic carbocycles. The third kappa shape index (κ3) is 3.20. The first kappa shape index (κ1) is 15.4. The molecule has 0 bridgehead atoms. The van der Waals surface area contributed by atoms with Crippen molar-refractivity contribution in [2.45, 2.75) is 39.2 Å². The molecule has 0 saturated carbocycles. The maximum absolute atomic E-state index is 12.5. The molecule has 2 heterocycles. The van der Waals surface area contributed by atoms with Crippen molar-refractivity contribution in [2.75, 3.05) is 39.3 Å². The first-order valence-electron chi connectivity index (χ1n) is 7.68. The zero-order valence-corrected chi connectivity index (χ0v) is 12.9. The molecule has 0 aromatic rings. The number of carbonyl (C=O) groups is 2. The van der Waals surface area contributed by atoms with Gasteiger partial charge in [-0.2, -0.15) is 0 Å². The molecule has 114 valence electrons. The molecule has 2 saturated heterocycles. The van der Waals surface area contributed by atoms with E-state index < -0.39 is 5.54 Å². The molecule has 1 amide bonds. The van der Waals surface area contributed by atoms with Crippen molar-refractivity contribution in [1.29, 1.82) is 0 Å². The van der Waals surface area contributed by atoms with Gasteiger partial charge >= 0.3 is 0 Å². The second-order valence-electron chi connectivity index (χ2n) is 6.45. The van der Waals surface area contributed by atoms with Gasteiger partial charge in [-0.25, -0.2) is 0 Å². The third-order valence-electron chi connectivity index (χ3n) is 4.93. The van der Waals surface area contributed by atoms with Gasteiger partial charge in [0.15, 0.2) is 0 Å². The molecule has 2 aliphatic rings. The van der Waals surface area contributed by atoms with Crippen molar-refractivity contribution in [3.05, 3.63) is 0 Å². The van der Waals surface area contributed by atoms with Crippen LogP contribution in [-0.2, 0) is 9.59 Å². The Balaban J connectivity index is 1.87. The van der Waals surface area contributed by atoms with Gasteiger partial charge < -0.3 is 10.2 Å². The van der Waals surface area contributed by atoms with Crippen LogP contribution in [0.2, 0.25) is 0 Å². The lowest BCUT2D eigenvalue weighted by molar-refractivity contribution is -0.140. The fourth-order valence-corrected chi connectivity index (χ4v) is 3.04. The number of carbonyl (C=O) groups excluding carboxylic acids is 2. The van der Waals surface area contributed by atoms with Crippen LogP contribution < -0.4 is 5.32 Å². The molecule has 0 aromatic heterocycles. The largest absolute Gasteiger partial charge is 0.340 e. The van der Waals surface area contributed by atoms with Crippen molar-refractivity contribution < 1.29 is 9.59 Å². The fraction of sp³-hybridized carbons (Fsp3) is 0.867. The Hall–Kier alpha value is -0.940. The topological polar surface area (TPSA) is 52.7 Å². The molecule has 0 aliphatic carbocycles. The Labute approximate surface area is 121 Å². The second-order valence-corrected chi connectivity index (χ2v) is 6.45. The quantitative estimate of drug-likeness (QED) is 0.818. The number of hydrogen-bond donors (Lipinski definition) is 1. The van der Waals surface area contributed by atoms with Gasteiger partial charge in [0, 0.05) is 32.1 Å². The highest BCUT2D eigenvalue weighted by Crippen LogP contribution is 2.21. The van der Waals surface area contributed by atoms with Crippen LogP contribution >= 0.6 is 0 Å². The molecule has 5 heteroatoms. The zero-order chi connectivity index (χ0) is 14.8. The van der Waals surface area contributed by atoms with Crippen LogP contribution in [-0.4, -0.2) is 66.3 Å². The Kier molecular flexibility index (Phi) is 4.81. The van der Waals surface area contributed by atoms with E-state index in [1.54, 1.807) is 6.92 Å². The fourth-order valence-electron chi connectivity index (χ4n) is 3.04. The molecule has 5 nitrogen and oxygen atoms in total. The molecule has 1 N–H and O–H groups in total. The number of hydrogen-bond acceptors (Lipinski definition) is 4. The summed E-state index contributed by atoms with van der Waals surface area (Å²) in [6.45, 7) is 10.6. The van der Waals surface area contributed by atoms with Crippen molar-refractivity contribution in [2.24, 2.45) is 5.92 Å². The van der Waals surface area contributed by atoms with E-state index >= 15 is 0 Å². The van der Waals surface area contributed by atoms with Crippen LogP contribution in [0.5, 0.6) is 0 Å². The maximum Gasteiger partial charge on any atom is 0.225 e. The predicted octanol–water partition coefficient (Wildman–Crippen LogP) is 0.498. The number of amides is 1. The summed E-state index contributed by atoms with van der Waals surface area (Å²) >= 11 is 0. The van der Waals surface area contributed by atoms with Crippen LogP contribution in [0.1, 0.15) is 33.6 Å². The summed E-state index contributed by atoms with van der Waals surface area (Å²) in [5.41, 5.74) is -0.413. The number of nitrogens with zero attached hydrogens (tertiary/aromatic N) is 2. The molecule has 0 spiro atoms. The molecule has 2 fully saturated rings. The SMILES string of the molecule is CC(=O)C(C)(C)N1CCN(C(=O)C2CCNCC2)CC1. The van der Waals surface area contributed by atoms with E-state index in [2.05, 4.69) is 10.2 Å². The number of rotatable bonds is 3. The summed E-state index contributed by atoms with van der Waals surface area (Å²) in [6, 6.07) is 0. The Morgan fingerprint density at radius 1 is 1.05 bits per heavy atom. The van der Waals surface area contributed by atoms with Crippen LogP contribution in [0.25, 0.3) is 0 Å². The summed E-state index contributed by atoms with van der Waals surface area (Å²) in [4.78, 5) is 28.3. The van der Waals surface area contributed by atoms with Gasteiger partial charge in [0.05, 0.1) is 5.54 Å². The first-order valence-corrected chi connectivity index (χ1v) is 7.68. The molecular formula is C15H27N3O2. The van der Waals surface area contributed by atoms with E-state index in [1.165, 1.54) is 0 Å². The highest BCUT2D eigenvalue weighted by Gasteiger charge is 2.35. The van der Waals surface area contributed by atoms with Crippen LogP contribution in [0.15, 0.2) is 0 Å². The van der Waals surface area contributed by atoms with Gasteiger partial charge in [-0.15, -0.1) is 0 Å². The lowest BCUT2D eigenvalue weighted by atomic mass is 9.95. The standard InChI is InChI=1S/C15H27N3O2/c1-12(19)15(2,3)18-10-8-17(9-11-18)14(20)13-4-6-16-7-5-13/h13,16H,4-11H2,1-3H3. The number of piperidine rings is 1. The van der Waals surface area contributed by atoms with E-state index in [9.17, 15) is 9.59 Å². The highest BCUT2D eigenvalue weighted by molar-refractivity contribution is 5.85. The minimum Gasteiger partial charge on any atom is -0.340 e. The van der Waals surface area contributed by atoms with Crippen LogP contribution in [0.3, 0.4) is 0 Å². The summed E-state index contributed by atoms with van der Waals surface area (Å²) in [5.74, 6) is 0.700. The van der Waals surface area contributed by atoms with Crippen molar-refractivity contribution in [3.63, 3.8) is 0 Å². The molecule has 0 unspecified atom stereocenters. The smallest absolute Gasteiger partial charge is 0.225 e. The van der Waals surface area contributed by atoms with Gasteiger partial charge in [-0.1, -0.05) is 0 Å². The van der Waals surface area contributed by atoms with Crippen LogP contribution in [0.4, 0.5) is 0 Å². The van der Waals surface area contributed by atoms with Crippen LogP contribution in [0, 0.1) is 5.92 Å². The normalized spacial score (nSPS) is 22.9. The Bertz CT molecular complexity index is 367. The lowest BCUT2D eigenvalue weighted by Gasteiger charge is -2.43. The van der Waals surface area contributed by atoms with E-state index in [4.69, 9.17) is 0 Å². The molecule has 20 heavy (non-hydrogen) atoms. The van der Waals surface area contributed by atoms with Gasteiger partial charge in [0.1, 0.15) is 5.78 Å². The third-order valence-corrected chi connectivity index (χ3v) is 4.93. The monoisotopic (exact) mass is 281 g/mol. The molecule has 0 radical (unpaired) electrons. The average molecular weight is 281 g/mol. The van der Waals surface area contributed by atoms with Crippen molar-refractivity contribution in [1.82, 2.24) is 15.1 Å². The Morgan fingerprint density at radius 2 is 1.60 bits per heavy atom.